The van der Waals surface area contributed by atoms with Crippen LogP contribution in [0.5, 0.6) is 0 Å². The predicted octanol–water partition coefficient (Wildman–Crippen LogP) is 4.11. The molecular weight excluding hydrogens is 226 g/mol. The zero-order valence-corrected chi connectivity index (χ0v) is 12.3. The van der Waals surface area contributed by atoms with Crippen molar-refractivity contribution < 1.29 is 0 Å². The second-order valence-electron chi connectivity index (χ2n) is 4.93. The molecule has 17 heavy (non-hydrogen) atoms. The van der Waals surface area contributed by atoms with Crippen LogP contribution in [0.25, 0.3) is 0 Å². The Hall–Kier alpha value is -0.470. The van der Waals surface area contributed by atoms with E-state index in [0.29, 0.717) is 12.0 Å². The molecule has 1 rings (SSSR count). The number of benzene rings is 1. The number of aryl methyl sites for hydroxylation is 1. The fourth-order valence-corrected chi connectivity index (χ4v) is 3.03. The van der Waals surface area contributed by atoms with Gasteiger partial charge < -0.3 is 5.32 Å². The first-order chi connectivity index (χ1) is 8.13. The molecule has 1 nitrogen and oxygen atoms in total. The van der Waals surface area contributed by atoms with Gasteiger partial charge in [-0.2, -0.15) is 0 Å². The molecule has 2 heteroatoms. The third kappa shape index (κ3) is 5.60. The molecule has 0 radical (unpaired) electrons. The van der Waals surface area contributed by atoms with E-state index < -0.39 is 0 Å². The molecule has 0 spiro atoms. The Morgan fingerprint density at radius 3 is 2.65 bits per heavy atom. The van der Waals surface area contributed by atoms with Gasteiger partial charge in [-0.1, -0.05) is 38.5 Å². The van der Waals surface area contributed by atoms with Crippen molar-refractivity contribution in [2.45, 2.75) is 45.1 Å². The maximum absolute atomic E-state index is 3.63. The predicted molar refractivity (Wildman–Crippen MR) is 78.8 cm³/mol. The van der Waals surface area contributed by atoms with Crippen LogP contribution in [-0.4, -0.2) is 18.3 Å². The van der Waals surface area contributed by atoms with E-state index in [1.54, 1.807) is 0 Å². The van der Waals surface area contributed by atoms with Crippen LogP contribution in [0.3, 0.4) is 0 Å². The third-order valence-electron chi connectivity index (χ3n) is 2.88. The lowest BCUT2D eigenvalue weighted by atomic mass is 10.1. The molecule has 0 saturated heterocycles. The Bertz CT molecular complexity index is 322. The molecule has 1 aromatic carbocycles. The molecular formula is C15H25NS. The second-order valence-corrected chi connectivity index (χ2v) is 6.03. The van der Waals surface area contributed by atoms with Gasteiger partial charge >= 0.3 is 0 Å². The van der Waals surface area contributed by atoms with Gasteiger partial charge in [-0.05, 0) is 37.9 Å². The molecule has 0 heterocycles. The Morgan fingerprint density at radius 1 is 1.29 bits per heavy atom. The molecule has 0 amide bonds. The Morgan fingerprint density at radius 2 is 2.06 bits per heavy atom. The fourth-order valence-electron chi connectivity index (χ4n) is 1.71. The van der Waals surface area contributed by atoms with Crippen LogP contribution in [0.15, 0.2) is 29.2 Å². The Labute approximate surface area is 110 Å². The van der Waals surface area contributed by atoms with Gasteiger partial charge in [0.15, 0.2) is 0 Å². The zero-order chi connectivity index (χ0) is 12.7. The van der Waals surface area contributed by atoms with Gasteiger partial charge in [0, 0.05) is 16.7 Å². The van der Waals surface area contributed by atoms with E-state index in [1.807, 2.05) is 11.8 Å². The summed E-state index contributed by atoms with van der Waals surface area (Å²) in [6.45, 7) is 10.1. The summed E-state index contributed by atoms with van der Waals surface area (Å²) in [7, 11) is 0. The smallest absolute Gasteiger partial charge is 0.0184 e. The van der Waals surface area contributed by atoms with E-state index in [1.165, 1.54) is 16.9 Å². The molecule has 0 fully saturated rings. The number of thioether (sulfide) groups is 1. The average Bonchev–Trinajstić information content (AvgIpc) is 2.28. The lowest BCUT2D eigenvalue weighted by Crippen LogP contribution is -2.36. The summed E-state index contributed by atoms with van der Waals surface area (Å²) in [6, 6.07) is 9.37. The van der Waals surface area contributed by atoms with E-state index in [2.05, 4.69) is 57.3 Å². The molecule has 0 bridgehead atoms. The van der Waals surface area contributed by atoms with Crippen LogP contribution in [0.1, 0.15) is 32.8 Å². The van der Waals surface area contributed by atoms with Crippen LogP contribution >= 0.6 is 11.8 Å². The van der Waals surface area contributed by atoms with Crippen LogP contribution in [-0.2, 0) is 0 Å². The third-order valence-corrected chi connectivity index (χ3v) is 3.99. The monoisotopic (exact) mass is 251 g/mol. The minimum absolute atomic E-state index is 0.612. The topological polar surface area (TPSA) is 12.0 Å². The SMILES string of the molecule is CCCNC(CSc1cccc(C)c1)C(C)C. The summed E-state index contributed by atoms with van der Waals surface area (Å²) in [5.41, 5.74) is 1.35. The van der Waals surface area contributed by atoms with Gasteiger partial charge in [0.05, 0.1) is 0 Å². The Balaban J connectivity index is 2.45. The molecule has 0 aliphatic carbocycles. The molecule has 0 aliphatic heterocycles. The lowest BCUT2D eigenvalue weighted by molar-refractivity contribution is 0.434. The van der Waals surface area contributed by atoms with E-state index in [-0.39, 0.29) is 0 Å². The summed E-state index contributed by atoms with van der Waals surface area (Å²) < 4.78 is 0. The largest absolute Gasteiger partial charge is 0.313 e. The van der Waals surface area contributed by atoms with Crippen LogP contribution < -0.4 is 5.32 Å². The van der Waals surface area contributed by atoms with E-state index in [0.717, 1.165) is 12.3 Å². The number of hydrogen-bond donors (Lipinski definition) is 1. The van der Waals surface area contributed by atoms with Crippen LogP contribution in [0.2, 0.25) is 0 Å². The molecule has 1 N–H and O–H groups in total. The van der Waals surface area contributed by atoms with Crippen molar-refractivity contribution in [2.75, 3.05) is 12.3 Å². The first-order valence-electron chi connectivity index (χ1n) is 6.56. The minimum Gasteiger partial charge on any atom is -0.313 e. The van der Waals surface area contributed by atoms with Gasteiger partial charge in [0.1, 0.15) is 0 Å². The summed E-state index contributed by atoms with van der Waals surface area (Å²) >= 11 is 1.96. The quantitative estimate of drug-likeness (QED) is 0.732. The van der Waals surface area contributed by atoms with Crippen molar-refractivity contribution in [3.8, 4) is 0 Å². The summed E-state index contributed by atoms with van der Waals surface area (Å²) in [5.74, 6) is 1.85. The molecule has 0 aliphatic rings. The highest BCUT2D eigenvalue weighted by Gasteiger charge is 2.12. The summed E-state index contributed by atoms with van der Waals surface area (Å²) in [4.78, 5) is 1.38. The molecule has 1 aromatic rings. The molecule has 1 unspecified atom stereocenters. The maximum atomic E-state index is 3.63. The number of hydrogen-bond acceptors (Lipinski definition) is 2. The minimum atomic E-state index is 0.612. The van der Waals surface area contributed by atoms with Crippen molar-refractivity contribution in [2.24, 2.45) is 5.92 Å². The van der Waals surface area contributed by atoms with Crippen molar-refractivity contribution in [1.82, 2.24) is 5.32 Å². The molecule has 96 valence electrons. The van der Waals surface area contributed by atoms with E-state index in [9.17, 15) is 0 Å². The van der Waals surface area contributed by atoms with E-state index >= 15 is 0 Å². The van der Waals surface area contributed by atoms with E-state index in [4.69, 9.17) is 0 Å². The maximum Gasteiger partial charge on any atom is 0.0184 e. The highest BCUT2D eigenvalue weighted by molar-refractivity contribution is 7.99. The summed E-state index contributed by atoms with van der Waals surface area (Å²) in [5, 5.41) is 3.63. The second kappa shape index (κ2) is 7.78. The fraction of sp³-hybridized carbons (Fsp3) is 0.600. The van der Waals surface area contributed by atoms with Gasteiger partial charge in [-0.3, -0.25) is 0 Å². The lowest BCUT2D eigenvalue weighted by Gasteiger charge is -2.22. The number of nitrogens with one attached hydrogen (secondary N) is 1. The standard InChI is InChI=1S/C15H25NS/c1-5-9-16-15(12(2)3)11-17-14-8-6-7-13(4)10-14/h6-8,10,12,15-16H,5,9,11H2,1-4H3. The Kier molecular flexibility index (Phi) is 6.68. The van der Waals surface area contributed by atoms with Crippen LogP contribution in [0, 0.1) is 12.8 Å². The average molecular weight is 251 g/mol. The first-order valence-corrected chi connectivity index (χ1v) is 7.55. The van der Waals surface area contributed by atoms with Gasteiger partial charge in [0.25, 0.3) is 0 Å². The van der Waals surface area contributed by atoms with Gasteiger partial charge in [-0.25, -0.2) is 0 Å². The van der Waals surface area contributed by atoms with Crippen molar-refractivity contribution in [3.05, 3.63) is 29.8 Å². The van der Waals surface area contributed by atoms with Crippen molar-refractivity contribution >= 4 is 11.8 Å². The zero-order valence-electron chi connectivity index (χ0n) is 11.5. The molecule has 0 saturated carbocycles. The highest BCUT2D eigenvalue weighted by Crippen LogP contribution is 2.21. The van der Waals surface area contributed by atoms with Crippen molar-refractivity contribution in [3.63, 3.8) is 0 Å². The van der Waals surface area contributed by atoms with Gasteiger partial charge in [0.2, 0.25) is 0 Å². The summed E-state index contributed by atoms with van der Waals surface area (Å²) in [6.07, 6.45) is 1.21. The molecule has 1 atom stereocenters. The highest BCUT2D eigenvalue weighted by atomic mass is 32.2. The van der Waals surface area contributed by atoms with Gasteiger partial charge in [-0.15, -0.1) is 11.8 Å². The normalized spacial score (nSPS) is 13.0. The number of rotatable bonds is 7. The first kappa shape index (κ1) is 14.6. The van der Waals surface area contributed by atoms with Crippen molar-refractivity contribution in [1.29, 1.82) is 0 Å². The molecule has 0 aromatic heterocycles. The van der Waals surface area contributed by atoms with Crippen LogP contribution in [0.4, 0.5) is 0 Å².